The summed E-state index contributed by atoms with van der Waals surface area (Å²) in [6, 6.07) is 0. The van der Waals surface area contributed by atoms with Crippen molar-refractivity contribution >= 4 is 12.1 Å². The molecule has 0 rings (SSSR count). The highest BCUT2D eigenvalue weighted by molar-refractivity contribution is 5.91. The molecule has 0 aromatic carbocycles. The molecule has 0 aromatic rings. The predicted octanol–water partition coefficient (Wildman–Crippen LogP) is 1.57. The SMILES string of the molecule is C\C(C=N)=C/C=C\C=C(/C)C(N)=O. The Labute approximate surface area is 78.1 Å². The number of allylic oxidation sites excluding steroid dienone is 5. The van der Waals surface area contributed by atoms with Gasteiger partial charge in [0.15, 0.2) is 0 Å². The van der Waals surface area contributed by atoms with Crippen LogP contribution in [0.25, 0.3) is 0 Å². The quantitative estimate of drug-likeness (QED) is 0.383. The highest BCUT2D eigenvalue weighted by atomic mass is 16.1. The topological polar surface area (TPSA) is 66.9 Å². The van der Waals surface area contributed by atoms with Gasteiger partial charge in [-0.3, -0.25) is 4.79 Å². The lowest BCUT2D eigenvalue weighted by Gasteiger charge is -1.88. The third-order valence-electron chi connectivity index (χ3n) is 1.43. The molecule has 0 saturated carbocycles. The minimum absolute atomic E-state index is 0.419. The number of rotatable bonds is 4. The maximum absolute atomic E-state index is 10.6. The Bertz CT molecular complexity index is 285. The molecule has 0 aliphatic carbocycles. The van der Waals surface area contributed by atoms with Crippen molar-refractivity contribution in [2.45, 2.75) is 13.8 Å². The molecular formula is C10H14N2O. The molecule has 0 heterocycles. The second-order valence-corrected chi connectivity index (χ2v) is 2.65. The first kappa shape index (κ1) is 11.4. The van der Waals surface area contributed by atoms with Gasteiger partial charge in [-0.15, -0.1) is 0 Å². The molecule has 0 radical (unpaired) electrons. The van der Waals surface area contributed by atoms with Crippen molar-refractivity contribution in [3.05, 3.63) is 35.5 Å². The average molecular weight is 178 g/mol. The van der Waals surface area contributed by atoms with Crippen molar-refractivity contribution in [1.82, 2.24) is 0 Å². The third-order valence-corrected chi connectivity index (χ3v) is 1.43. The Hall–Kier alpha value is -1.64. The Morgan fingerprint density at radius 2 is 1.77 bits per heavy atom. The first-order valence-electron chi connectivity index (χ1n) is 3.90. The first-order valence-corrected chi connectivity index (χ1v) is 3.90. The maximum Gasteiger partial charge on any atom is 0.244 e. The van der Waals surface area contributed by atoms with Crippen LogP contribution in [0, 0.1) is 5.41 Å². The number of amides is 1. The molecule has 0 fully saturated rings. The van der Waals surface area contributed by atoms with Crippen molar-refractivity contribution in [3.8, 4) is 0 Å². The first-order chi connectivity index (χ1) is 6.07. The normalized spacial score (nSPS) is 13.4. The van der Waals surface area contributed by atoms with Crippen LogP contribution in [-0.4, -0.2) is 12.1 Å². The Balaban J connectivity index is 4.24. The van der Waals surface area contributed by atoms with E-state index in [-0.39, 0.29) is 0 Å². The largest absolute Gasteiger partial charge is 0.366 e. The molecule has 0 spiro atoms. The minimum atomic E-state index is -0.419. The zero-order valence-corrected chi connectivity index (χ0v) is 7.87. The molecule has 0 unspecified atom stereocenters. The highest BCUT2D eigenvalue weighted by Gasteiger charge is 1.91. The van der Waals surface area contributed by atoms with Crippen LogP contribution in [0.4, 0.5) is 0 Å². The van der Waals surface area contributed by atoms with Crippen molar-refractivity contribution in [3.63, 3.8) is 0 Å². The van der Waals surface area contributed by atoms with E-state index in [4.69, 9.17) is 11.1 Å². The van der Waals surface area contributed by atoms with Gasteiger partial charge in [-0.05, 0) is 19.4 Å². The summed E-state index contributed by atoms with van der Waals surface area (Å²) in [5, 5.41) is 6.88. The van der Waals surface area contributed by atoms with Crippen molar-refractivity contribution in [1.29, 1.82) is 5.41 Å². The average Bonchev–Trinajstić information content (AvgIpc) is 2.11. The lowest BCUT2D eigenvalue weighted by Crippen LogP contribution is -2.11. The molecule has 3 nitrogen and oxygen atoms in total. The second-order valence-electron chi connectivity index (χ2n) is 2.65. The molecule has 3 N–H and O–H groups in total. The van der Waals surface area contributed by atoms with E-state index in [2.05, 4.69) is 0 Å². The monoisotopic (exact) mass is 178 g/mol. The fourth-order valence-electron chi connectivity index (χ4n) is 0.537. The van der Waals surface area contributed by atoms with Gasteiger partial charge in [0.05, 0.1) is 0 Å². The number of nitrogens with one attached hydrogen (secondary N) is 1. The van der Waals surface area contributed by atoms with Gasteiger partial charge in [0.25, 0.3) is 0 Å². The van der Waals surface area contributed by atoms with Gasteiger partial charge in [-0.1, -0.05) is 24.3 Å². The van der Waals surface area contributed by atoms with Gasteiger partial charge in [-0.25, -0.2) is 0 Å². The summed E-state index contributed by atoms with van der Waals surface area (Å²) in [6.45, 7) is 3.47. The molecule has 0 bridgehead atoms. The van der Waals surface area contributed by atoms with Crippen LogP contribution in [0.3, 0.4) is 0 Å². The van der Waals surface area contributed by atoms with Gasteiger partial charge in [-0.2, -0.15) is 0 Å². The van der Waals surface area contributed by atoms with E-state index in [0.29, 0.717) is 5.57 Å². The van der Waals surface area contributed by atoms with Crippen LogP contribution in [0.15, 0.2) is 35.5 Å². The molecular weight excluding hydrogens is 164 g/mol. The van der Waals surface area contributed by atoms with E-state index in [1.54, 1.807) is 31.2 Å². The highest BCUT2D eigenvalue weighted by Crippen LogP contribution is 1.92. The van der Waals surface area contributed by atoms with Gasteiger partial charge in [0, 0.05) is 11.8 Å². The van der Waals surface area contributed by atoms with Crippen LogP contribution >= 0.6 is 0 Å². The fraction of sp³-hybridized carbons (Fsp3) is 0.200. The van der Waals surface area contributed by atoms with Crippen molar-refractivity contribution in [2.75, 3.05) is 0 Å². The van der Waals surface area contributed by atoms with E-state index >= 15 is 0 Å². The van der Waals surface area contributed by atoms with E-state index in [9.17, 15) is 4.79 Å². The predicted molar refractivity (Wildman–Crippen MR) is 54.6 cm³/mol. The smallest absolute Gasteiger partial charge is 0.244 e. The van der Waals surface area contributed by atoms with Crippen LogP contribution < -0.4 is 5.73 Å². The van der Waals surface area contributed by atoms with Crippen LogP contribution in [0.1, 0.15) is 13.8 Å². The number of hydrogen-bond acceptors (Lipinski definition) is 2. The second kappa shape index (κ2) is 5.94. The summed E-state index contributed by atoms with van der Waals surface area (Å²) < 4.78 is 0. The maximum atomic E-state index is 10.6. The molecule has 13 heavy (non-hydrogen) atoms. The fourth-order valence-corrected chi connectivity index (χ4v) is 0.537. The number of carbonyl (C=O) groups is 1. The summed E-state index contributed by atoms with van der Waals surface area (Å²) >= 11 is 0. The van der Waals surface area contributed by atoms with E-state index in [1.165, 1.54) is 6.21 Å². The Kier molecular flexibility index (Phi) is 5.19. The number of primary amides is 1. The van der Waals surface area contributed by atoms with Gasteiger partial charge < -0.3 is 11.1 Å². The zero-order valence-electron chi connectivity index (χ0n) is 7.87. The summed E-state index contributed by atoms with van der Waals surface area (Å²) in [5.41, 5.74) is 6.37. The minimum Gasteiger partial charge on any atom is -0.366 e. The van der Waals surface area contributed by atoms with Crippen molar-refractivity contribution < 1.29 is 4.79 Å². The Morgan fingerprint density at radius 1 is 1.23 bits per heavy atom. The molecule has 0 aliphatic heterocycles. The molecule has 70 valence electrons. The number of carbonyl (C=O) groups excluding carboxylic acids is 1. The van der Waals surface area contributed by atoms with Gasteiger partial charge in [0.2, 0.25) is 5.91 Å². The molecule has 0 aliphatic rings. The lowest BCUT2D eigenvalue weighted by molar-refractivity contribution is -0.114. The molecule has 1 amide bonds. The van der Waals surface area contributed by atoms with Crippen LogP contribution in [0.2, 0.25) is 0 Å². The van der Waals surface area contributed by atoms with Gasteiger partial charge >= 0.3 is 0 Å². The van der Waals surface area contributed by atoms with E-state index in [0.717, 1.165) is 5.57 Å². The number of hydrogen-bond donors (Lipinski definition) is 2. The summed E-state index contributed by atoms with van der Waals surface area (Å²) in [4.78, 5) is 10.6. The van der Waals surface area contributed by atoms with Crippen molar-refractivity contribution in [2.24, 2.45) is 5.73 Å². The molecule has 3 heteroatoms. The summed E-state index contributed by atoms with van der Waals surface area (Å²) in [5.74, 6) is -0.419. The summed E-state index contributed by atoms with van der Waals surface area (Å²) in [6.07, 6.45) is 8.14. The zero-order chi connectivity index (χ0) is 10.3. The van der Waals surface area contributed by atoms with Crippen LogP contribution in [0.5, 0.6) is 0 Å². The van der Waals surface area contributed by atoms with E-state index < -0.39 is 5.91 Å². The van der Waals surface area contributed by atoms with Gasteiger partial charge in [0.1, 0.15) is 0 Å². The van der Waals surface area contributed by atoms with Crippen LogP contribution in [-0.2, 0) is 4.79 Å². The Morgan fingerprint density at radius 3 is 2.23 bits per heavy atom. The standard InChI is InChI=1S/C10H14N2O/c1-8(7-11)5-3-4-6-9(2)10(12)13/h3-7,11H,1-2H3,(H2,12,13)/b4-3-,8-5+,9-6+,11-7?. The summed E-state index contributed by atoms with van der Waals surface area (Å²) in [7, 11) is 0. The lowest BCUT2D eigenvalue weighted by atomic mass is 10.2. The third kappa shape index (κ3) is 5.61. The molecule has 0 saturated heterocycles. The molecule has 0 atom stereocenters. The number of nitrogens with two attached hydrogens (primary N) is 1. The van der Waals surface area contributed by atoms with E-state index in [1.807, 2.05) is 6.92 Å². The molecule has 0 aromatic heterocycles.